The summed E-state index contributed by atoms with van der Waals surface area (Å²) < 4.78 is 6.94. The SMILES string of the molecule is CC(C)=CCC/C(C)=C/CN1C(=O)[C@@]2(O[C@@H](CC(=O)N3CCC[C@H]3CO)[C@H]([Si](C)(C)O)[C@H]2C)c2cc(N3CCCCC3=O)ccc21. The summed E-state index contributed by atoms with van der Waals surface area (Å²) in [5.41, 5.74) is 2.91. The molecule has 1 aromatic carbocycles. The Morgan fingerprint density at radius 3 is 2.54 bits per heavy atom. The van der Waals surface area contributed by atoms with Gasteiger partial charge in [0.05, 0.1) is 30.9 Å². The standard InChI is InChI=1S/C36H53N3O6Si/c1-24(2)11-9-12-25(3)17-20-39-30-16-15-27(37-18-8-7-14-32(37)41)21-29(30)36(35(39)43)26(4)34(46(5,6)44)31(45-36)22-33(42)38-19-10-13-28(38)23-40/h11,15-17,21,26,28,31,34,40,44H,7-10,12-14,18-20,22-23H2,1-6H3/b25-17+/t26-,28+,31+,34-,36+/m1/s1. The van der Waals surface area contributed by atoms with Gasteiger partial charge in [-0.3, -0.25) is 14.4 Å². The molecule has 9 nitrogen and oxygen atoms in total. The fourth-order valence-corrected chi connectivity index (χ4v) is 10.8. The first-order valence-electron chi connectivity index (χ1n) is 17.2. The highest BCUT2D eigenvalue weighted by atomic mass is 28.4. The molecule has 46 heavy (non-hydrogen) atoms. The molecule has 4 aliphatic heterocycles. The Balaban J connectivity index is 1.54. The lowest BCUT2D eigenvalue weighted by atomic mass is 9.82. The molecule has 0 bridgehead atoms. The van der Waals surface area contributed by atoms with E-state index in [2.05, 4.69) is 32.9 Å². The van der Waals surface area contributed by atoms with Gasteiger partial charge in [-0.1, -0.05) is 30.2 Å². The van der Waals surface area contributed by atoms with Crippen LogP contribution < -0.4 is 9.80 Å². The van der Waals surface area contributed by atoms with Crippen LogP contribution in [0.5, 0.6) is 0 Å². The highest BCUT2D eigenvalue weighted by Gasteiger charge is 2.66. The van der Waals surface area contributed by atoms with Crippen LogP contribution in [-0.4, -0.2) is 79.2 Å². The molecule has 0 saturated carbocycles. The second kappa shape index (κ2) is 13.7. The zero-order valence-corrected chi connectivity index (χ0v) is 29.6. The van der Waals surface area contributed by atoms with E-state index in [0.29, 0.717) is 31.6 Å². The lowest BCUT2D eigenvalue weighted by Gasteiger charge is -2.33. The van der Waals surface area contributed by atoms with Crippen LogP contribution in [-0.2, 0) is 24.7 Å². The van der Waals surface area contributed by atoms with Gasteiger partial charge in [0, 0.05) is 48.8 Å². The smallest absolute Gasteiger partial charge is 0.264 e. The zero-order valence-electron chi connectivity index (χ0n) is 28.6. The van der Waals surface area contributed by atoms with E-state index < -0.39 is 25.9 Å². The summed E-state index contributed by atoms with van der Waals surface area (Å²) in [5, 5.41) is 9.88. The first-order valence-corrected chi connectivity index (χ1v) is 20.2. The van der Waals surface area contributed by atoms with Gasteiger partial charge in [0.2, 0.25) is 11.8 Å². The molecule has 10 heteroatoms. The number of ether oxygens (including phenoxy) is 1. The molecule has 0 aliphatic carbocycles. The number of nitrogens with zero attached hydrogens (tertiary/aromatic N) is 3. The molecule has 5 atom stereocenters. The van der Waals surface area contributed by atoms with E-state index in [0.717, 1.165) is 49.9 Å². The van der Waals surface area contributed by atoms with Crippen molar-refractivity contribution >= 4 is 37.4 Å². The zero-order chi connectivity index (χ0) is 33.4. The van der Waals surface area contributed by atoms with E-state index in [1.807, 2.05) is 43.1 Å². The Hall–Kier alpha value is -2.79. The number of piperidine rings is 1. The van der Waals surface area contributed by atoms with Crippen molar-refractivity contribution in [3.63, 3.8) is 0 Å². The number of aliphatic hydroxyl groups excluding tert-OH is 1. The van der Waals surface area contributed by atoms with Crippen molar-refractivity contribution in [2.75, 3.05) is 36.0 Å². The van der Waals surface area contributed by atoms with Gasteiger partial charge >= 0.3 is 0 Å². The van der Waals surface area contributed by atoms with Gasteiger partial charge in [-0.2, -0.15) is 0 Å². The normalized spacial score (nSPS) is 28.4. The molecule has 0 unspecified atom stereocenters. The van der Waals surface area contributed by atoms with Crippen LogP contribution in [0.25, 0.3) is 0 Å². The number of carbonyl (C=O) groups is 3. The molecule has 0 radical (unpaired) electrons. The van der Waals surface area contributed by atoms with Crippen LogP contribution in [0.2, 0.25) is 18.6 Å². The summed E-state index contributed by atoms with van der Waals surface area (Å²) in [4.78, 5) is 58.4. The van der Waals surface area contributed by atoms with E-state index in [1.165, 1.54) is 11.1 Å². The molecule has 4 heterocycles. The second-order valence-electron chi connectivity index (χ2n) is 14.6. The highest BCUT2D eigenvalue weighted by molar-refractivity contribution is 6.71. The second-order valence-corrected chi connectivity index (χ2v) is 18.6. The minimum absolute atomic E-state index is 0.0422. The summed E-state index contributed by atoms with van der Waals surface area (Å²) in [5.74, 6) is -0.626. The van der Waals surface area contributed by atoms with Gasteiger partial charge in [0.25, 0.3) is 5.91 Å². The fraction of sp³-hybridized carbons (Fsp3) is 0.639. The molecule has 3 amide bonds. The Bertz CT molecular complexity index is 1400. The molecular formula is C36H53N3O6Si. The van der Waals surface area contributed by atoms with E-state index in [1.54, 1.807) is 9.80 Å². The van der Waals surface area contributed by atoms with Crippen LogP contribution >= 0.6 is 0 Å². The molecule has 1 spiro atoms. The van der Waals surface area contributed by atoms with Gasteiger partial charge in [0.1, 0.15) is 0 Å². The van der Waals surface area contributed by atoms with Crippen molar-refractivity contribution in [1.29, 1.82) is 0 Å². The first-order chi connectivity index (χ1) is 21.8. The van der Waals surface area contributed by atoms with Crippen molar-refractivity contribution in [3.8, 4) is 0 Å². The predicted molar refractivity (Wildman–Crippen MR) is 183 cm³/mol. The Labute approximate surface area is 275 Å². The van der Waals surface area contributed by atoms with Crippen molar-refractivity contribution in [2.45, 2.75) is 115 Å². The van der Waals surface area contributed by atoms with E-state index in [9.17, 15) is 24.3 Å². The number of fused-ring (bicyclic) bond motifs is 2. The molecule has 3 fully saturated rings. The summed E-state index contributed by atoms with van der Waals surface area (Å²) >= 11 is 0. The first kappa shape index (κ1) is 34.5. The maximum Gasteiger partial charge on any atom is 0.264 e. The van der Waals surface area contributed by atoms with Gasteiger partial charge in [-0.25, -0.2) is 0 Å². The largest absolute Gasteiger partial charge is 0.432 e. The van der Waals surface area contributed by atoms with Crippen LogP contribution in [0.3, 0.4) is 0 Å². The molecule has 1 aromatic rings. The lowest BCUT2D eigenvalue weighted by Crippen LogP contribution is -2.46. The summed E-state index contributed by atoms with van der Waals surface area (Å²) in [6.45, 7) is 13.5. The van der Waals surface area contributed by atoms with Gasteiger partial charge in [-0.15, -0.1) is 0 Å². The maximum atomic E-state index is 14.8. The molecule has 252 valence electrons. The predicted octanol–water partition coefficient (Wildman–Crippen LogP) is 5.41. The van der Waals surface area contributed by atoms with E-state index in [-0.39, 0.29) is 42.3 Å². The number of amides is 3. The monoisotopic (exact) mass is 651 g/mol. The third kappa shape index (κ3) is 6.50. The number of hydrogen-bond donors (Lipinski definition) is 2. The molecule has 3 saturated heterocycles. The summed E-state index contributed by atoms with van der Waals surface area (Å²) in [6, 6.07) is 5.61. The van der Waals surface area contributed by atoms with Crippen molar-refractivity contribution in [1.82, 2.24) is 4.90 Å². The minimum Gasteiger partial charge on any atom is -0.432 e. The number of likely N-dealkylation sites (tertiary alicyclic amines) is 1. The number of aliphatic hydroxyl groups is 1. The average Bonchev–Trinajstić information content (AvgIpc) is 3.65. The van der Waals surface area contributed by atoms with Crippen LogP contribution in [0.1, 0.15) is 84.6 Å². The number of benzene rings is 1. The number of anilines is 2. The van der Waals surface area contributed by atoms with Gasteiger partial charge < -0.3 is 29.3 Å². The Morgan fingerprint density at radius 2 is 1.87 bits per heavy atom. The molecule has 4 aliphatic rings. The summed E-state index contributed by atoms with van der Waals surface area (Å²) in [6.07, 6.45) is 9.43. The van der Waals surface area contributed by atoms with E-state index in [4.69, 9.17) is 4.74 Å². The fourth-order valence-electron chi connectivity index (χ4n) is 8.27. The third-order valence-corrected chi connectivity index (χ3v) is 13.1. The summed E-state index contributed by atoms with van der Waals surface area (Å²) in [7, 11) is -2.96. The van der Waals surface area contributed by atoms with Crippen molar-refractivity contribution in [2.24, 2.45) is 5.92 Å². The van der Waals surface area contributed by atoms with Crippen molar-refractivity contribution in [3.05, 3.63) is 47.1 Å². The Kier molecular flexibility index (Phi) is 10.3. The number of allylic oxidation sites excluding steroid dienone is 3. The Morgan fingerprint density at radius 1 is 1.11 bits per heavy atom. The topological polar surface area (TPSA) is 111 Å². The molecule has 2 N–H and O–H groups in total. The number of rotatable bonds is 10. The molecule has 5 rings (SSSR count). The number of carbonyl (C=O) groups excluding carboxylic acids is 3. The van der Waals surface area contributed by atoms with Gasteiger partial charge in [-0.05, 0) is 90.6 Å². The quantitative estimate of drug-likeness (QED) is 0.259. The minimum atomic E-state index is -2.96. The van der Waals surface area contributed by atoms with Crippen LogP contribution in [0, 0.1) is 5.92 Å². The van der Waals surface area contributed by atoms with Crippen LogP contribution in [0.4, 0.5) is 11.4 Å². The van der Waals surface area contributed by atoms with Gasteiger partial charge in [0.15, 0.2) is 13.9 Å². The molecular weight excluding hydrogens is 598 g/mol. The lowest BCUT2D eigenvalue weighted by molar-refractivity contribution is -0.149. The highest BCUT2D eigenvalue weighted by Crippen LogP contribution is 2.60. The van der Waals surface area contributed by atoms with E-state index >= 15 is 0 Å². The molecule has 0 aromatic heterocycles. The average molecular weight is 652 g/mol. The number of hydrogen-bond acceptors (Lipinski definition) is 6. The van der Waals surface area contributed by atoms with Crippen molar-refractivity contribution < 1.29 is 29.0 Å². The maximum absolute atomic E-state index is 14.8. The van der Waals surface area contributed by atoms with Crippen LogP contribution in [0.15, 0.2) is 41.5 Å². The third-order valence-electron chi connectivity index (χ3n) is 10.6.